The van der Waals surface area contributed by atoms with Crippen LogP contribution in [0.3, 0.4) is 0 Å². The van der Waals surface area contributed by atoms with Crippen molar-refractivity contribution in [3.63, 3.8) is 0 Å². The first-order valence-corrected chi connectivity index (χ1v) is 5.93. The molecule has 0 atom stereocenters. The molecule has 0 saturated carbocycles. The van der Waals surface area contributed by atoms with E-state index >= 15 is 0 Å². The maximum atomic E-state index is 11.4. The summed E-state index contributed by atoms with van der Waals surface area (Å²) >= 11 is 0. The van der Waals surface area contributed by atoms with Gasteiger partial charge >= 0.3 is 12.1 Å². The Labute approximate surface area is 108 Å². The first-order valence-electron chi connectivity index (χ1n) is 5.93. The molecule has 0 radical (unpaired) electrons. The minimum atomic E-state index is -0.658. The minimum absolute atomic E-state index is 0.113. The number of esters is 1. The first kappa shape index (κ1) is 16.4. The van der Waals surface area contributed by atoms with Gasteiger partial charge in [0.05, 0.1) is 17.7 Å². The zero-order chi connectivity index (χ0) is 14.2. The highest BCUT2D eigenvalue weighted by Gasteiger charge is 2.22. The van der Waals surface area contributed by atoms with Gasteiger partial charge in [-0.3, -0.25) is 9.63 Å². The number of nitrogens with one attached hydrogen (secondary N) is 1. The molecule has 0 fully saturated rings. The van der Waals surface area contributed by atoms with Gasteiger partial charge in [0.15, 0.2) is 0 Å². The van der Waals surface area contributed by atoms with E-state index in [4.69, 9.17) is 4.74 Å². The summed E-state index contributed by atoms with van der Waals surface area (Å²) in [5, 5.41) is 6.02. The second kappa shape index (κ2) is 7.68. The summed E-state index contributed by atoms with van der Waals surface area (Å²) < 4.78 is 4.96. The van der Waals surface area contributed by atoms with Crippen molar-refractivity contribution in [2.24, 2.45) is 10.6 Å². The molecule has 0 unspecified atom stereocenters. The van der Waals surface area contributed by atoms with E-state index < -0.39 is 11.5 Å². The molecule has 0 saturated heterocycles. The molecule has 0 heterocycles. The first-order chi connectivity index (χ1) is 8.27. The largest absolute Gasteiger partial charge is 0.463 e. The summed E-state index contributed by atoms with van der Waals surface area (Å²) in [5.74, 6) is -0.308. The maximum absolute atomic E-state index is 11.4. The van der Waals surface area contributed by atoms with Crippen LogP contribution in [0.1, 0.15) is 41.0 Å². The van der Waals surface area contributed by atoms with Gasteiger partial charge in [-0.1, -0.05) is 12.1 Å². The van der Waals surface area contributed by atoms with Crippen LogP contribution < -0.4 is 5.32 Å². The topological polar surface area (TPSA) is 77.0 Å². The van der Waals surface area contributed by atoms with Crippen molar-refractivity contribution in [2.45, 2.75) is 41.0 Å². The molecule has 0 bridgehead atoms. The predicted octanol–water partition coefficient (Wildman–Crippen LogP) is 2.09. The monoisotopic (exact) mass is 258 g/mol. The number of carbonyl (C=O) groups excluding carboxylic acids is 2. The minimum Gasteiger partial charge on any atom is -0.463 e. The lowest BCUT2D eigenvalue weighted by atomic mass is 9.97. The van der Waals surface area contributed by atoms with Crippen LogP contribution in [0, 0.1) is 5.41 Å². The van der Waals surface area contributed by atoms with Crippen molar-refractivity contribution >= 4 is 17.8 Å². The molecule has 0 spiro atoms. The number of carbonyl (C=O) groups is 2. The molecule has 0 aliphatic rings. The Morgan fingerprint density at radius 2 is 1.89 bits per heavy atom. The van der Waals surface area contributed by atoms with Crippen molar-refractivity contribution in [1.29, 1.82) is 0 Å². The Hall–Kier alpha value is -1.59. The zero-order valence-corrected chi connectivity index (χ0v) is 11.7. The molecule has 0 aromatic carbocycles. The number of oxime groups is 1. The number of amides is 1. The average Bonchev–Trinajstić information content (AvgIpc) is 2.29. The van der Waals surface area contributed by atoms with Gasteiger partial charge in [-0.25, -0.2) is 4.79 Å². The van der Waals surface area contributed by atoms with Crippen molar-refractivity contribution in [3.05, 3.63) is 0 Å². The highest BCUT2D eigenvalue weighted by Crippen LogP contribution is 2.14. The van der Waals surface area contributed by atoms with Crippen LogP contribution >= 0.6 is 0 Å². The molecule has 0 aromatic rings. The van der Waals surface area contributed by atoms with Gasteiger partial charge in [0, 0.05) is 0 Å². The van der Waals surface area contributed by atoms with Gasteiger partial charge in [-0.05, 0) is 34.1 Å². The summed E-state index contributed by atoms with van der Waals surface area (Å²) in [5.41, 5.74) is 0.188. The van der Waals surface area contributed by atoms with E-state index in [9.17, 15) is 9.59 Å². The Balaban J connectivity index is 3.74. The van der Waals surface area contributed by atoms with Gasteiger partial charge in [0.25, 0.3) is 0 Å². The second-order valence-electron chi connectivity index (χ2n) is 4.87. The molecule has 0 aromatic heterocycles. The van der Waals surface area contributed by atoms with E-state index in [-0.39, 0.29) is 19.1 Å². The van der Waals surface area contributed by atoms with Crippen molar-refractivity contribution < 1.29 is 19.2 Å². The molecule has 104 valence electrons. The lowest BCUT2D eigenvalue weighted by Gasteiger charge is -2.16. The lowest BCUT2D eigenvalue weighted by Crippen LogP contribution is -2.30. The van der Waals surface area contributed by atoms with E-state index in [1.807, 2.05) is 6.92 Å². The third-order valence-corrected chi connectivity index (χ3v) is 2.01. The maximum Gasteiger partial charge on any atom is 0.433 e. The Morgan fingerprint density at radius 1 is 1.28 bits per heavy atom. The quantitative estimate of drug-likeness (QED) is 0.269. The number of hydrogen-bond donors (Lipinski definition) is 1. The van der Waals surface area contributed by atoms with E-state index in [2.05, 4.69) is 15.3 Å². The molecule has 6 nitrogen and oxygen atoms in total. The van der Waals surface area contributed by atoms with Crippen molar-refractivity contribution in [1.82, 2.24) is 5.32 Å². The lowest BCUT2D eigenvalue weighted by molar-refractivity contribution is -0.152. The summed E-state index contributed by atoms with van der Waals surface area (Å²) in [7, 11) is 0. The summed E-state index contributed by atoms with van der Waals surface area (Å²) in [6, 6.07) is 0. The molecule has 0 aliphatic heterocycles. The van der Waals surface area contributed by atoms with Crippen LogP contribution in [0.2, 0.25) is 0 Å². The van der Waals surface area contributed by atoms with E-state index in [1.54, 1.807) is 27.7 Å². The Bertz CT molecular complexity index is 319. The fourth-order valence-electron chi connectivity index (χ4n) is 0.730. The predicted molar refractivity (Wildman–Crippen MR) is 68.3 cm³/mol. The molecule has 18 heavy (non-hydrogen) atoms. The SMILES string of the molecule is CC/C(C)=N\OC(=O)NCCOC(=O)C(C)(C)C. The van der Waals surface area contributed by atoms with Crippen LogP contribution in [-0.2, 0) is 14.4 Å². The van der Waals surface area contributed by atoms with Crippen LogP contribution in [0.5, 0.6) is 0 Å². The van der Waals surface area contributed by atoms with Gasteiger partial charge in [-0.2, -0.15) is 0 Å². The summed E-state index contributed by atoms with van der Waals surface area (Å²) in [4.78, 5) is 27.1. The number of hydrogen-bond acceptors (Lipinski definition) is 5. The van der Waals surface area contributed by atoms with Crippen LogP contribution in [0.4, 0.5) is 4.79 Å². The number of nitrogens with zero attached hydrogens (tertiary/aromatic N) is 1. The van der Waals surface area contributed by atoms with E-state index in [0.717, 1.165) is 12.1 Å². The Kier molecular flexibility index (Phi) is 7.00. The smallest absolute Gasteiger partial charge is 0.433 e. The second-order valence-corrected chi connectivity index (χ2v) is 4.87. The molecular formula is C12H22N2O4. The number of ether oxygens (including phenoxy) is 1. The third kappa shape index (κ3) is 7.65. The third-order valence-electron chi connectivity index (χ3n) is 2.01. The van der Waals surface area contributed by atoms with Gasteiger partial charge < -0.3 is 10.1 Å². The fraction of sp³-hybridized carbons (Fsp3) is 0.750. The summed E-state index contributed by atoms with van der Waals surface area (Å²) in [6.45, 7) is 9.27. The average molecular weight is 258 g/mol. The van der Waals surface area contributed by atoms with Gasteiger partial charge in [-0.15, -0.1) is 0 Å². The normalized spacial score (nSPS) is 11.9. The molecule has 6 heteroatoms. The van der Waals surface area contributed by atoms with Crippen LogP contribution in [0.25, 0.3) is 0 Å². The van der Waals surface area contributed by atoms with E-state index in [0.29, 0.717) is 0 Å². The summed E-state index contributed by atoms with van der Waals surface area (Å²) in [6.07, 6.45) is 0.0610. The van der Waals surface area contributed by atoms with E-state index in [1.165, 1.54) is 0 Å². The highest BCUT2D eigenvalue weighted by atomic mass is 16.7. The molecule has 1 amide bonds. The van der Waals surface area contributed by atoms with Gasteiger partial charge in [0.1, 0.15) is 6.61 Å². The molecule has 0 aliphatic carbocycles. The van der Waals surface area contributed by atoms with Crippen molar-refractivity contribution in [3.8, 4) is 0 Å². The van der Waals surface area contributed by atoms with Crippen LogP contribution in [0.15, 0.2) is 5.16 Å². The molecule has 1 N–H and O–H groups in total. The number of rotatable bonds is 5. The van der Waals surface area contributed by atoms with Gasteiger partial charge in [0.2, 0.25) is 0 Å². The van der Waals surface area contributed by atoms with Crippen molar-refractivity contribution in [2.75, 3.05) is 13.2 Å². The Morgan fingerprint density at radius 3 is 2.39 bits per heavy atom. The zero-order valence-electron chi connectivity index (χ0n) is 11.7. The standard InChI is InChI=1S/C12H22N2O4/c1-6-9(2)14-18-11(16)13-7-8-17-10(15)12(3,4)5/h6-8H2,1-5H3,(H,13,16)/b14-9-. The fourth-order valence-corrected chi connectivity index (χ4v) is 0.730. The van der Waals surface area contributed by atoms with Crippen LogP contribution in [-0.4, -0.2) is 30.9 Å². The molecular weight excluding hydrogens is 236 g/mol. The highest BCUT2D eigenvalue weighted by molar-refractivity contribution is 5.81. The molecule has 0 rings (SSSR count).